The van der Waals surface area contributed by atoms with Gasteiger partial charge >= 0.3 is 0 Å². The van der Waals surface area contributed by atoms with E-state index in [1.807, 2.05) is 36.7 Å². The third-order valence-corrected chi connectivity index (χ3v) is 3.71. The fraction of sp³-hybridized carbons (Fsp3) is 0.429. The molecule has 3 rings (SSSR count). The number of aromatic nitrogens is 3. The molecule has 0 spiro atoms. The van der Waals surface area contributed by atoms with Gasteiger partial charge in [-0.25, -0.2) is 0 Å². The molecule has 1 heterocycles. The van der Waals surface area contributed by atoms with Crippen molar-refractivity contribution in [3.8, 4) is 5.75 Å². The minimum absolute atomic E-state index is 0.314. The molecule has 5 heteroatoms. The number of hydrogen-bond acceptors (Lipinski definition) is 4. The summed E-state index contributed by atoms with van der Waals surface area (Å²) in [6.07, 6.45) is 1.41. The second kappa shape index (κ2) is 4.66. The van der Waals surface area contributed by atoms with Crippen molar-refractivity contribution in [1.29, 1.82) is 0 Å². The van der Waals surface area contributed by atoms with Gasteiger partial charge in [-0.1, -0.05) is 6.07 Å². The van der Waals surface area contributed by atoms with Gasteiger partial charge in [0.25, 0.3) is 0 Å². The van der Waals surface area contributed by atoms with Crippen LogP contribution in [0.5, 0.6) is 5.75 Å². The Bertz CT molecular complexity index is 607. The molecule has 0 saturated heterocycles. The predicted octanol–water partition coefficient (Wildman–Crippen LogP) is 1.68. The minimum atomic E-state index is -0.314. The van der Waals surface area contributed by atoms with Gasteiger partial charge in [0.1, 0.15) is 18.2 Å². The Morgan fingerprint density at radius 3 is 3.00 bits per heavy atom. The number of aliphatic hydroxyl groups is 1. The van der Waals surface area contributed by atoms with Crippen LogP contribution in [0.4, 0.5) is 0 Å². The number of fused-ring (bicyclic) bond motifs is 1. The molecule has 1 atom stereocenters. The van der Waals surface area contributed by atoms with Crippen LogP contribution >= 0.6 is 0 Å². The highest BCUT2D eigenvalue weighted by atomic mass is 16.5. The standard InChI is InChI=1S/C14H17N3O2/c1-9-15-16-14(17(9)2)8-19-11-4-5-12-10(7-11)3-6-13(12)18/h4-5,7,13,18H,3,6,8H2,1-2H3/t13-/m0/s1. The smallest absolute Gasteiger partial charge is 0.170 e. The van der Waals surface area contributed by atoms with Crippen molar-refractivity contribution in [2.75, 3.05) is 0 Å². The van der Waals surface area contributed by atoms with Crippen LogP contribution in [0.1, 0.15) is 35.3 Å². The van der Waals surface area contributed by atoms with Crippen LogP contribution in [0.15, 0.2) is 18.2 Å². The highest BCUT2D eigenvalue weighted by Crippen LogP contribution is 2.33. The van der Waals surface area contributed by atoms with E-state index in [9.17, 15) is 5.11 Å². The summed E-state index contributed by atoms with van der Waals surface area (Å²) >= 11 is 0. The van der Waals surface area contributed by atoms with Gasteiger partial charge in [0.2, 0.25) is 0 Å². The second-order valence-corrected chi connectivity index (χ2v) is 4.93. The van der Waals surface area contributed by atoms with Crippen LogP contribution in [0.25, 0.3) is 0 Å². The zero-order chi connectivity index (χ0) is 13.4. The van der Waals surface area contributed by atoms with E-state index in [1.54, 1.807) is 0 Å². The molecule has 1 aromatic heterocycles. The van der Waals surface area contributed by atoms with Crippen molar-refractivity contribution < 1.29 is 9.84 Å². The Morgan fingerprint density at radius 2 is 2.26 bits per heavy atom. The van der Waals surface area contributed by atoms with Crippen LogP contribution in [0.3, 0.4) is 0 Å². The lowest BCUT2D eigenvalue weighted by atomic mass is 10.1. The van der Waals surface area contributed by atoms with Crippen molar-refractivity contribution in [1.82, 2.24) is 14.8 Å². The van der Waals surface area contributed by atoms with E-state index in [-0.39, 0.29) is 6.10 Å². The van der Waals surface area contributed by atoms with Crippen molar-refractivity contribution in [3.63, 3.8) is 0 Å². The number of aliphatic hydroxyl groups excluding tert-OH is 1. The summed E-state index contributed by atoms with van der Waals surface area (Å²) in [5.41, 5.74) is 2.21. The minimum Gasteiger partial charge on any atom is -0.486 e. The number of hydrogen-bond donors (Lipinski definition) is 1. The van der Waals surface area contributed by atoms with E-state index < -0.39 is 0 Å². The first-order chi connectivity index (χ1) is 9.15. The zero-order valence-corrected chi connectivity index (χ0v) is 11.1. The molecular formula is C14H17N3O2. The number of aryl methyl sites for hydroxylation is 2. The highest BCUT2D eigenvalue weighted by Gasteiger charge is 2.20. The topological polar surface area (TPSA) is 60.2 Å². The van der Waals surface area contributed by atoms with E-state index in [4.69, 9.17) is 4.74 Å². The van der Waals surface area contributed by atoms with Crippen LogP contribution in [-0.4, -0.2) is 19.9 Å². The van der Waals surface area contributed by atoms with Crippen molar-refractivity contribution >= 4 is 0 Å². The first kappa shape index (κ1) is 12.2. The maximum absolute atomic E-state index is 9.76. The fourth-order valence-corrected chi connectivity index (χ4v) is 2.39. The molecule has 19 heavy (non-hydrogen) atoms. The normalized spacial score (nSPS) is 17.5. The lowest BCUT2D eigenvalue weighted by Gasteiger charge is -2.08. The summed E-state index contributed by atoms with van der Waals surface area (Å²) in [6.45, 7) is 2.31. The first-order valence-electron chi connectivity index (χ1n) is 6.43. The van der Waals surface area contributed by atoms with Gasteiger partial charge in [-0.2, -0.15) is 0 Å². The van der Waals surface area contributed by atoms with Gasteiger partial charge in [0.15, 0.2) is 5.82 Å². The van der Waals surface area contributed by atoms with E-state index >= 15 is 0 Å². The molecule has 0 bridgehead atoms. The molecule has 0 fully saturated rings. The van der Waals surface area contributed by atoms with Crippen LogP contribution < -0.4 is 4.74 Å². The van der Waals surface area contributed by atoms with Crippen molar-refractivity contribution in [2.24, 2.45) is 7.05 Å². The summed E-state index contributed by atoms with van der Waals surface area (Å²) in [5, 5.41) is 17.8. The van der Waals surface area contributed by atoms with Gasteiger partial charge in [0.05, 0.1) is 6.10 Å². The number of ether oxygens (including phenoxy) is 1. The average molecular weight is 259 g/mol. The van der Waals surface area contributed by atoms with Crippen molar-refractivity contribution in [2.45, 2.75) is 32.5 Å². The summed E-state index contributed by atoms with van der Waals surface area (Å²) < 4.78 is 7.66. The molecule has 0 aliphatic heterocycles. The van der Waals surface area contributed by atoms with Crippen molar-refractivity contribution in [3.05, 3.63) is 41.0 Å². The van der Waals surface area contributed by atoms with Crippen LogP contribution in [0.2, 0.25) is 0 Å². The molecule has 2 aromatic rings. The van der Waals surface area contributed by atoms with E-state index in [0.29, 0.717) is 6.61 Å². The second-order valence-electron chi connectivity index (χ2n) is 4.93. The largest absolute Gasteiger partial charge is 0.486 e. The lowest BCUT2D eigenvalue weighted by molar-refractivity contribution is 0.180. The zero-order valence-electron chi connectivity index (χ0n) is 11.1. The Hall–Kier alpha value is -1.88. The Morgan fingerprint density at radius 1 is 1.42 bits per heavy atom. The Balaban J connectivity index is 1.73. The molecule has 1 N–H and O–H groups in total. The third-order valence-electron chi connectivity index (χ3n) is 3.71. The Labute approximate surface area is 111 Å². The quantitative estimate of drug-likeness (QED) is 0.911. The summed E-state index contributed by atoms with van der Waals surface area (Å²) in [6, 6.07) is 5.86. The molecule has 1 aliphatic rings. The summed E-state index contributed by atoms with van der Waals surface area (Å²) in [7, 11) is 1.92. The Kier molecular flexibility index (Phi) is 2.98. The number of nitrogens with zero attached hydrogens (tertiary/aromatic N) is 3. The fourth-order valence-electron chi connectivity index (χ4n) is 2.39. The molecule has 0 radical (unpaired) electrons. The van der Waals surface area contributed by atoms with Gasteiger partial charge in [-0.05, 0) is 43.0 Å². The van der Waals surface area contributed by atoms with Gasteiger partial charge in [0, 0.05) is 7.05 Å². The molecule has 100 valence electrons. The third kappa shape index (κ3) is 2.21. The maximum Gasteiger partial charge on any atom is 0.170 e. The van der Waals surface area contributed by atoms with Crippen LogP contribution in [0, 0.1) is 6.92 Å². The summed E-state index contributed by atoms with van der Waals surface area (Å²) in [5.74, 6) is 2.49. The summed E-state index contributed by atoms with van der Waals surface area (Å²) in [4.78, 5) is 0. The molecular weight excluding hydrogens is 242 g/mol. The monoisotopic (exact) mass is 259 g/mol. The van der Waals surface area contributed by atoms with E-state index in [2.05, 4.69) is 10.2 Å². The lowest BCUT2D eigenvalue weighted by Crippen LogP contribution is -2.04. The van der Waals surface area contributed by atoms with E-state index in [1.165, 1.54) is 5.56 Å². The van der Waals surface area contributed by atoms with Gasteiger partial charge in [-0.3, -0.25) is 0 Å². The van der Waals surface area contributed by atoms with Crippen LogP contribution in [-0.2, 0) is 20.1 Å². The highest BCUT2D eigenvalue weighted by molar-refractivity contribution is 5.39. The molecule has 1 aromatic carbocycles. The molecule has 0 amide bonds. The number of benzene rings is 1. The van der Waals surface area contributed by atoms with E-state index in [0.717, 1.165) is 35.8 Å². The molecule has 5 nitrogen and oxygen atoms in total. The first-order valence-corrected chi connectivity index (χ1v) is 6.43. The average Bonchev–Trinajstić information content (AvgIpc) is 2.93. The SMILES string of the molecule is Cc1nnc(COc2ccc3c(c2)CC[C@@H]3O)n1C. The number of rotatable bonds is 3. The van der Waals surface area contributed by atoms with Gasteiger partial charge in [-0.15, -0.1) is 10.2 Å². The molecule has 0 saturated carbocycles. The molecule has 1 aliphatic carbocycles. The van der Waals surface area contributed by atoms with Gasteiger partial charge < -0.3 is 14.4 Å². The maximum atomic E-state index is 9.76. The predicted molar refractivity (Wildman–Crippen MR) is 69.8 cm³/mol. The molecule has 0 unspecified atom stereocenters.